The number of benzene rings is 2. The number of amides is 1. The molecular weight excluding hydrogens is 392 g/mol. The topological polar surface area (TPSA) is 131 Å². The number of carbonyl (C=O) groups excluding carboxylic acids is 1. The van der Waals surface area contributed by atoms with Crippen LogP contribution in [0.3, 0.4) is 0 Å². The van der Waals surface area contributed by atoms with Crippen molar-refractivity contribution in [1.82, 2.24) is 10.3 Å². The summed E-state index contributed by atoms with van der Waals surface area (Å²) >= 11 is 1.41. The van der Waals surface area contributed by atoms with E-state index in [1.807, 2.05) is 35.2 Å². The molecule has 3 rings (SSSR count). The number of hydrogen-bond donors (Lipinski definition) is 2. The number of aliphatic imine (C=N–C) groups is 1. The van der Waals surface area contributed by atoms with Gasteiger partial charge in [0.15, 0.2) is 0 Å². The van der Waals surface area contributed by atoms with Gasteiger partial charge < -0.3 is 0 Å². The van der Waals surface area contributed by atoms with Crippen LogP contribution in [-0.4, -0.2) is 36.1 Å². The predicted molar refractivity (Wildman–Crippen MR) is 101 cm³/mol. The Morgan fingerprint density at radius 3 is 2.44 bits per heavy atom. The zero-order chi connectivity index (χ0) is 19.4. The van der Waals surface area contributed by atoms with Gasteiger partial charge >= 0.3 is 0 Å². The third-order valence-electron chi connectivity index (χ3n) is 3.64. The minimum absolute atomic E-state index is 0.206. The summed E-state index contributed by atoms with van der Waals surface area (Å²) in [5.74, 6) is -0.186. The fraction of sp³-hybridized carbons (Fsp3) is 0.125. The summed E-state index contributed by atoms with van der Waals surface area (Å²) in [6.07, 6.45) is 0. The quantitative estimate of drug-likeness (QED) is 0.552. The SMILES string of the molecule is O=C(NNS(=O)(=O)c1ccc([N+](=O)[O-])cc1)[C@@H]1CSC(c2ccccc2)=N1. The van der Waals surface area contributed by atoms with Crippen LogP contribution < -0.4 is 10.3 Å². The molecule has 1 amide bonds. The number of nitrogens with one attached hydrogen (secondary N) is 2. The Morgan fingerprint density at radius 2 is 1.81 bits per heavy atom. The fourth-order valence-corrected chi connectivity index (χ4v) is 4.15. The van der Waals surface area contributed by atoms with E-state index in [0.717, 1.165) is 29.8 Å². The molecular formula is C16H14N4O5S2. The van der Waals surface area contributed by atoms with Crippen LogP contribution in [0.25, 0.3) is 0 Å². The Bertz CT molecular complexity index is 991. The van der Waals surface area contributed by atoms with Crippen LogP contribution >= 0.6 is 11.8 Å². The highest BCUT2D eigenvalue weighted by atomic mass is 32.2. The number of hydrazine groups is 1. The summed E-state index contributed by atoms with van der Waals surface area (Å²) in [5, 5.41) is 11.3. The highest BCUT2D eigenvalue weighted by Gasteiger charge is 2.27. The summed E-state index contributed by atoms with van der Waals surface area (Å²) < 4.78 is 24.4. The predicted octanol–water partition coefficient (Wildman–Crippen LogP) is 1.47. The van der Waals surface area contributed by atoms with Crippen molar-refractivity contribution in [3.05, 3.63) is 70.3 Å². The smallest absolute Gasteiger partial charge is 0.269 e. The van der Waals surface area contributed by atoms with E-state index in [9.17, 15) is 23.3 Å². The minimum Gasteiger partial charge on any atom is -0.276 e. The molecule has 0 aliphatic carbocycles. The highest BCUT2D eigenvalue weighted by molar-refractivity contribution is 8.14. The second-order valence-electron chi connectivity index (χ2n) is 5.47. The molecule has 9 nitrogen and oxygen atoms in total. The van der Waals surface area contributed by atoms with Gasteiger partial charge in [-0.05, 0) is 12.1 Å². The van der Waals surface area contributed by atoms with Gasteiger partial charge in [0, 0.05) is 23.4 Å². The summed E-state index contributed by atoms with van der Waals surface area (Å²) in [4.78, 5) is 28.3. The summed E-state index contributed by atoms with van der Waals surface area (Å²) in [5.41, 5.74) is 2.80. The first-order valence-corrected chi connectivity index (χ1v) is 10.2. The normalized spacial score (nSPS) is 16.6. The lowest BCUT2D eigenvalue weighted by molar-refractivity contribution is -0.384. The number of nitrogens with zero attached hydrogens (tertiary/aromatic N) is 2. The summed E-state index contributed by atoms with van der Waals surface area (Å²) in [7, 11) is -4.05. The van der Waals surface area contributed by atoms with Crippen molar-refractivity contribution >= 4 is 38.4 Å². The van der Waals surface area contributed by atoms with Gasteiger partial charge in [0.25, 0.3) is 21.6 Å². The van der Waals surface area contributed by atoms with E-state index in [2.05, 4.69) is 10.4 Å². The van der Waals surface area contributed by atoms with Gasteiger partial charge in [-0.1, -0.05) is 30.3 Å². The number of thioether (sulfide) groups is 1. The lowest BCUT2D eigenvalue weighted by Crippen LogP contribution is -2.46. The second-order valence-corrected chi connectivity index (χ2v) is 8.16. The van der Waals surface area contributed by atoms with Crippen LogP contribution in [0.5, 0.6) is 0 Å². The minimum atomic E-state index is -4.05. The number of nitro groups is 1. The maximum atomic E-state index is 12.2. The molecule has 27 heavy (non-hydrogen) atoms. The molecule has 140 valence electrons. The molecule has 0 spiro atoms. The monoisotopic (exact) mass is 406 g/mol. The van der Waals surface area contributed by atoms with Crippen molar-refractivity contribution in [1.29, 1.82) is 0 Å². The first kappa shape index (κ1) is 19.0. The molecule has 2 aromatic carbocycles. The lowest BCUT2D eigenvalue weighted by atomic mass is 10.2. The van der Waals surface area contributed by atoms with Crippen LogP contribution in [0.2, 0.25) is 0 Å². The maximum absolute atomic E-state index is 12.2. The Balaban J connectivity index is 1.63. The average molecular weight is 406 g/mol. The highest BCUT2D eigenvalue weighted by Crippen LogP contribution is 2.23. The Labute approximate surface area is 159 Å². The third kappa shape index (κ3) is 4.51. The van der Waals surface area contributed by atoms with Crippen LogP contribution in [0.15, 0.2) is 64.5 Å². The molecule has 0 saturated heterocycles. The third-order valence-corrected chi connectivity index (χ3v) is 6.00. The van der Waals surface area contributed by atoms with Crippen LogP contribution in [0.4, 0.5) is 5.69 Å². The average Bonchev–Trinajstić information content (AvgIpc) is 3.17. The van der Waals surface area contributed by atoms with Gasteiger partial charge in [0.05, 0.1) is 14.9 Å². The van der Waals surface area contributed by atoms with E-state index >= 15 is 0 Å². The summed E-state index contributed by atoms with van der Waals surface area (Å²) in [6, 6.07) is 13.0. The Morgan fingerprint density at radius 1 is 1.15 bits per heavy atom. The van der Waals surface area contributed by atoms with E-state index in [0.29, 0.717) is 10.8 Å². The van der Waals surface area contributed by atoms with Gasteiger partial charge in [0.1, 0.15) is 6.04 Å². The molecule has 2 N–H and O–H groups in total. The van der Waals surface area contributed by atoms with Gasteiger partial charge in [0.2, 0.25) is 0 Å². The van der Waals surface area contributed by atoms with Crippen LogP contribution in [0, 0.1) is 10.1 Å². The summed E-state index contributed by atoms with van der Waals surface area (Å²) in [6.45, 7) is 0. The Kier molecular flexibility index (Phi) is 5.54. The Hall–Kier alpha value is -2.76. The number of carbonyl (C=O) groups is 1. The van der Waals surface area contributed by atoms with E-state index < -0.39 is 26.9 Å². The van der Waals surface area contributed by atoms with Crippen molar-refractivity contribution in [3.63, 3.8) is 0 Å². The molecule has 2 aromatic rings. The zero-order valence-electron chi connectivity index (χ0n) is 13.7. The fourth-order valence-electron chi connectivity index (χ4n) is 2.25. The molecule has 0 bridgehead atoms. The van der Waals surface area contributed by atoms with Gasteiger partial charge in [-0.3, -0.25) is 25.3 Å². The number of hydrogen-bond acceptors (Lipinski definition) is 7. The molecule has 0 unspecified atom stereocenters. The van der Waals surface area contributed by atoms with Gasteiger partial charge in [-0.2, -0.15) is 0 Å². The molecule has 1 aliphatic heterocycles. The van der Waals surface area contributed by atoms with Crippen molar-refractivity contribution in [3.8, 4) is 0 Å². The molecule has 0 radical (unpaired) electrons. The van der Waals surface area contributed by atoms with Crippen molar-refractivity contribution in [2.24, 2.45) is 4.99 Å². The number of rotatable bonds is 6. The van der Waals surface area contributed by atoms with E-state index in [1.165, 1.54) is 11.8 Å². The van der Waals surface area contributed by atoms with E-state index in [1.54, 1.807) is 0 Å². The molecule has 0 aromatic heterocycles. The first-order chi connectivity index (χ1) is 12.9. The van der Waals surface area contributed by atoms with E-state index in [-0.39, 0.29) is 10.6 Å². The van der Waals surface area contributed by atoms with Crippen LogP contribution in [-0.2, 0) is 14.8 Å². The van der Waals surface area contributed by atoms with Crippen molar-refractivity contribution < 1.29 is 18.1 Å². The molecule has 0 fully saturated rings. The van der Waals surface area contributed by atoms with Gasteiger partial charge in [-0.15, -0.1) is 16.6 Å². The zero-order valence-corrected chi connectivity index (χ0v) is 15.4. The second kappa shape index (κ2) is 7.86. The molecule has 11 heteroatoms. The van der Waals surface area contributed by atoms with Crippen molar-refractivity contribution in [2.75, 3.05) is 5.75 Å². The number of nitro benzene ring substituents is 1. The largest absolute Gasteiger partial charge is 0.276 e. The lowest BCUT2D eigenvalue weighted by Gasteiger charge is -2.10. The number of sulfonamides is 1. The molecule has 1 aliphatic rings. The van der Waals surface area contributed by atoms with Crippen molar-refractivity contribution in [2.45, 2.75) is 10.9 Å². The number of non-ortho nitro benzene ring substituents is 1. The van der Waals surface area contributed by atoms with E-state index in [4.69, 9.17) is 0 Å². The molecule has 1 atom stereocenters. The first-order valence-electron chi connectivity index (χ1n) is 7.69. The molecule has 1 heterocycles. The standard InChI is InChI=1S/C16H14N4O5S2/c21-15(14-10-26-16(17-14)11-4-2-1-3-5-11)18-19-27(24,25)13-8-6-12(7-9-13)20(22)23/h1-9,14,19H,10H2,(H,18,21)/t14-/m0/s1. The van der Waals surface area contributed by atoms with Gasteiger partial charge in [-0.25, -0.2) is 8.42 Å². The maximum Gasteiger partial charge on any atom is 0.269 e. The molecule has 0 saturated carbocycles. The van der Waals surface area contributed by atoms with Crippen LogP contribution in [0.1, 0.15) is 5.56 Å².